The number of hydrogen-bond acceptors (Lipinski definition) is 3. The smallest absolute Gasteiger partial charge is 0.337 e. The zero-order valence-corrected chi connectivity index (χ0v) is 19.6. The summed E-state index contributed by atoms with van der Waals surface area (Å²) < 4.78 is 18.8. The molecule has 0 aliphatic heterocycles. The van der Waals surface area contributed by atoms with Gasteiger partial charge < -0.3 is 13.3 Å². The molecule has 0 atom stereocenters. The zero-order valence-electron chi connectivity index (χ0n) is 17.6. The molecule has 0 bridgehead atoms. The fourth-order valence-corrected chi connectivity index (χ4v) is 13.8. The maximum Gasteiger partial charge on any atom is 0.337 e. The molecule has 5 heteroatoms. The van der Waals surface area contributed by atoms with Crippen molar-refractivity contribution in [1.29, 1.82) is 0 Å². The Kier molecular flexibility index (Phi) is 9.89. The largest absolute Gasteiger partial charge is 0.418 e. The van der Waals surface area contributed by atoms with Crippen LogP contribution in [0.4, 0.5) is 0 Å². The molecule has 1 rings (SSSR count). The van der Waals surface area contributed by atoms with E-state index in [0.717, 1.165) is 38.0 Å². The minimum atomic E-state index is -2.22. The molecule has 0 heterocycles. The Balaban J connectivity index is 2.83. The Morgan fingerprint density at radius 1 is 0.920 bits per heavy atom. The van der Waals surface area contributed by atoms with Crippen molar-refractivity contribution in [3.05, 3.63) is 23.3 Å². The van der Waals surface area contributed by atoms with Crippen LogP contribution in [0.3, 0.4) is 0 Å². The standard InChI is InChI=1S/C20H40O3Si2/c1-8-21-24(6,7)17-25(22-9-2,23-10-3)16-15-19-11-13-20(14-12-19)18(4)5/h11,13,18H,8-10,12,14-17H2,1-7H3. The minimum Gasteiger partial charge on any atom is -0.418 e. The van der Waals surface area contributed by atoms with Gasteiger partial charge >= 0.3 is 8.56 Å². The predicted molar refractivity (Wildman–Crippen MR) is 113 cm³/mol. The van der Waals surface area contributed by atoms with Crippen molar-refractivity contribution in [2.24, 2.45) is 5.92 Å². The molecule has 0 unspecified atom stereocenters. The quantitative estimate of drug-likeness (QED) is 0.388. The first-order chi connectivity index (χ1) is 11.8. The lowest BCUT2D eigenvalue weighted by atomic mass is 9.90. The molecule has 0 aromatic carbocycles. The highest BCUT2D eigenvalue weighted by Crippen LogP contribution is 2.32. The third kappa shape index (κ3) is 7.91. The highest BCUT2D eigenvalue weighted by Gasteiger charge is 2.44. The minimum absolute atomic E-state index is 0.663. The van der Waals surface area contributed by atoms with Gasteiger partial charge in [0.1, 0.15) is 0 Å². The van der Waals surface area contributed by atoms with Crippen LogP contribution in [0.2, 0.25) is 24.8 Å². The van der Waals surface area contributed by atoms with Crippen molar-refractivity contribution < 1.29 is 13.3 Å². The Labute approximate surface area is 158 Å². The average Bonchev–Trinajstić information content (AvgIpc) is 2.53. The summed E-state index contributed by atoms with van der Waals surface area (Å²) in [6, 6.07) is 1.05. The second kappa shape index (κ2) is 10.8. The van der Waals surface area contributed by atoms with Gasteiger partial charge in [-0.2, -0.15) is 0 Å². The highest BCUT2D eigenvalue weighted by atomic mass is 28.4. The topological polar surface area (TPSA) is 27.7 Å². The molecule has 146 valence electrons. The molecule has 0 N–H and O–H groups in total. The van der Waals surface area contributed by atoms with Gasteiger partial charge in [-0.1, -0.05) is 37.1 Å². The lowest BCUT2D eigenvalue weighted by Crippen LogP contribution is -2.50. The molecule has 0 aromatic heterocycles. The first-order valence-electron chi connectivity index (χ1n) is 10.1. The lowest BCUT2D eigenvalue weighted by molar-refractivity contribution is 0.184. The summed E-state index contributed by atoms with van der Waals surface area (Å²) in [7, 11) is -3.96. The molecular weight excluding hydrogens is 344 g/mol. The van der Waals surface area contributed by atoms with Crippen molar-refractivity contribution in [2.75, 3.05) is 19.8 Å². The second-order valence-corrected chi connectivity index (χ2v) is 16.0. The van der Waals surface area contributed by atoms with Gasteiger partial charge in [-0.05, 0) is 65.1 Å². The molecule has 1 aliphatic carbocycles. The third-order valence-electron chi connectivity index (χ3n) is 4.88. The summed E-state index contributed by atoms with van der Waals surface area (Å²) in [6.07, 6.45) is 8.19. The summed E-state index contributed by atoms with van der Waals surface area (Å²) in [6.45, 7) is 17.7. The fraction of sp³-hybridized carbons (Fsp3) is 0.800. The van der Waals surface area contributed by atoms with Gasteiger partial charge in [-0.3, -0.25) is 0 Å². The Bertz CT molecular complexity index is 450. The van der Waals surface area contributed by atoms with Gasteiger partial charge in [0.15, 0.2) is 8.32 Å². The van der Waals surface area contributed by atoms with Crippen LogP contribution in [0.15, 0.2) is 23.3 Å². The van der Waals surface area contributed by atoms with Crippen LogP contribution in [0.5, 0.6) is 0 Å². The van der Waals surface area contributed by atoms with Crippen molar-refractivity contribution in [3.8, 4) is 0 Å². The second-order valence-electron chi connectivity index (χ2n) is 7.87. The summed E-state index contributed by atoms with van der Waals surface area (Å²) in [5.41, 5.74) is 4.15. The molecule has 0 spiro atoms. The molecular formula is C20H40O3Si2. The van der Waals surface area contributed by atoms with Crippen LogP contribution in [0.25, 0.3) is 0 Å². The normalized spacial score (nSPS) is 16.2. The maximum absolute atomic E-state index is 6.33. The Morgan fingerprint density at radius 2 is 1.52 bits per heavy atom. The van der Waals surface area contributed by atoms with E-state index >= 15 is 0 Å². The van der Waals surface area contributed by atoms with E-state index in [0.29, 0.717) is 5.92 Å². The van der Waals surface area contributed by atoms with E-state index in [1.165, 1.54) is 12.8 Å². The summed E-state index contributed by atoms with van der Waals surface area (Å²) in [5, 5.41) is 0. The molecule has 1 aliphatic rings. The van der Waals surface area contributed by atoms with Crippen LogP contribution < -0.4 is 0 Å². The lowest BCUT2D eigenvalue weighted by Gasteiger charge is -2.36. The van der Waals surface area contributed by atoms with Crippen LogP contribution in [0, 0.1) is 5.92 Å². The zero-order chi connectivity index (χ0) is 18.9. The predicted octanol–water partition coefficient (Wildman–Crippen LogP) is 5.98. The molecule has 0 saturated carbocycles. The van der Waals surface area contributed by atoms with E-state index in [1.807, 2.05) is 0 Å². The summed E-state index contributed by atoms with van der Waals surface area (Å²) >= 11 is 0. The van der Waals surface area contributed by atoms with Gasteiger partial charge in [0.05, 0.1) is 0 Å². The van der Waals surface area contributed by atoms with Gasteiger partial charge in [0.25, 0.3) is 0 Å². The number of allylic oxidation sites excluding steroid dienone is 4. The van der Waals surface area contributed by atoms with Crippen molar-refractivity contribution in [2.45, 2.75) is 78.7 Å². The van der Waals surface area contributed by atoms with Crippen molar-refractivity contribution >= 4 is 16.9 Å². The van der Waals surface area contributed by atoms with Crippen LogP contribution in [-0.4, -0.2) is 36.7 Å². The van der Waals surface area contributed by atoms with Crippen LogP contribution >= 0.6 is 0 Å². The Morgan fingerprint density at radius 3 is 1.96 bits per heavy atom. The average molecular weight is 385 g/mol. The van der Waals surface area contributed by atoms with Crippen molar-refractivity contribution in [3.63, 3.8) is 0 Å². The van der Waals surface area contributed by atoms with E-state index in [4.69, 9.17) is 13.3 Å². The molecule has 3 nitrogen and oxygen atoms in total. The number of rotatable bonds is 12. The van der Waals surface area contributed by atoms with Crippen molar-refractivity contribution in [1.82, 2.24) is 0 Å². The molecule has 0 fully saturated rings. The fourth-order valence-electron chi connectivity index (χ4n) is 3.73. The summed E-state index contributed by atoms with van der Waals surface area (Å²) in [4.78, 5) is 0. The summed E-state index contributed by atoms with van der Waals surface area (Å²) in [5.74, 6) is 0.663. The molecule has 25 heavy (non-hydrogen) atoms. The number of hydrogen-bond donors (Lipinski definition) is 0. The van der Waals surface area contributed by atoms with Crippen LogP contribution in [0.1, 0.15) is 53.9 Å². The van der Waals surface area contributed by atoms with E-state index in [-0.39, 0.29) is 0 Å². The SMILES string of the molecule is CCO[Si](C)(C)C[Si](CCC1=CC=C(C(C)C)CC1)(OCC)OCC. The van der Waals surface area contributed by atoms with E-state index in [9.17, 15) is 0 Å². The van der Waals surface area contributed by atoms with E-state index in [1.54, 1.807) is 11.1 Å². The molecule has 0 radical (unpaired) electrons. The third-order valence-corrected chi connectivity index (χ3v) is 14.2. The Hall–Kier alpha value is -0.206. The van der Waals surface area contributed by atoms with Crippen LogP contribution in [-0.2, 0) is 13.3 Å². The van der Waals surface area contributed by atoms with E-state index in [2.05, 4.69) is 59.9 Å². The highest BCUT2D eigenvalue weighted by molar-refractivity contribution is 6.88. The van der Waals surface area contributed by atoms with Gasteiger partial charge in [-0.15, -0.1) is 0 Å². The van der Waals surface area contributed by atoms with Gasteiger partial charge in [0, 0.05) is 25.5 Å². The first kappa shape index (κ1) is 22.8. The molecule has 0 saturated heterocycles. The molecule has 0 aromatic rings. The monoisotopic (exact) mass is 384 g/mol. The van der Waals surface area contributed by atoms with E-state index < -0.39 is 16.9 Å². The molecule has 0 amide bonds. The van der Waals surface area contributed by atoms with Gasteiger partial charge in [-0.25, -0.2) is 0 Å². The maximum atomic E-state index is 6.33. The van der Waals surface area contributed by atoms with Gasteiger partial charge in [0.2, 0.25) is 0 Å². The first-order valence-corrected chi connectivity index (χ1v) is 15.4.